The third-order valence-electron chi connectivity index (χ3n) is 0.433. The molecule has 0 heterocycles. The first-order valence-corrected chi connectivity index (χ1v) is 5.90. The molecule has 0 aliphatic rings. The van der Waals surface area contributed by atoms with Crippen molar-refractivity contribution >= 4 is 19.8 Å². The standard InChI is InChI=1S/3C2H.Sn/c3*1-2;/h3*1H;. The molecule has 31 valence electrons. The molecule has 0 amide bonds. The van der Waals surface area contributed by atoms with Crippen molar-refractivity contribution in [2.45, 2.75) is 0 Å². The Morgan fingerprint density at radius 3 is 1.14 bits per heavy atom. The maximum atomic E-state index is 4.95. The van der Waals surface area contributed by atoms with Gasteiger partial charge in [-0.3, -0.25) is 0 Å². The molecule has 0 spiro atoms. The third kappa shape index (κ3) is 2.21. The van der Waals surface area contributed by atoms with Gasteiger partial charge in [0.25, 0.3) is 0 Å². The Morgan fingerprint density at radius 1 is 0.857 bits per heavy atom. The Labute approximate surface area is 51.0 Å². The minimum absolute atomic E-state index is 2.07. The van der Waals surface area contributed by atoms with Gasteiger partial charge in [-0.2, -0.15) is 0 Å². The van der Waals surface area contributed by atoms with Crippen molar-refractivity contribution in [2.24, 2.45) is 0 Å². The summed E-state index contributed by atoms with van der Waals surface area (Å²) >= 11 is -2.07. The van der Waals surface area contributed by atoms with Gasteiger partial charge in [-0.25, -0.2) is 0 Å². The molecular weight excluding hydrogens is 191 g/mol. The molecule has 0 aromatic rings. The van der Waals surface area contributed by atoms with Crippen LogP contribution in [0.2, 0.25) is 0 Å². The van der Waals surface area contributed by atoms with Crippen molar-refractivity contribution in [3.63, 3.8) is 0 Å². The number of terminal acetylenes is 3. The zero-order valence-corrected chi connectivity index (χ0v) is 6.59. The second kappa shape index (κ2) is 3.66. The van der Waals surface area contributed by atoms with Gasteiger partial charge in [-0.1, -0.05) is 0 Å². The van der Waals surface area contributed by atoms with Gasteiger partial charge in [0.05, 0.1) is 0 Å². The van der Waals surface area contributed by atoms with Crippen LogP contribution in [0.3, 0.4) is 0 Å². The molecule has 0 aromatic carbocycles. The summed E-state index contributed by atoms with van der Waals surface area (Å²) in [4.78, 5) is 0. The molecule has 7 heavy (non-hydrogen) atoms. The van der Waals surface area contributed by atoms with E-state index in [1.54, 1.807) is 0 Å². The van der Waals surface area contributed by atoms with Crippen LogP contribution in [-0.2, 0) is 0 Å². The Hall–Kier alpha value is -0.521. The van der Waals surface area contributed by atoms with Gasteiger partial charge in [0.2, 0.25) is 0 Å². The molecule has 0 saturated heterocycles. The molecular formula is C6H3Sn. The van der Waals surface area contributed by atoms with E-state index in [2.05, 4.69) is 11.8 Å². The van der Waals surface area contributed by atoms with Crippen LogP contribution in [0.25, 0.3) is 0 Å². The molecule has 0 bridgehead atoms. The molecule has 0 fully saturated rings. The molecule has 0 saturated carbocycles. The molecule has 0 aliphatic carbocycles. The normalized spacial score (nSPS) is 6.00. The van der Waals surface area contributed by atoms with Crippen LogP contribution in [0.1, 0.15) is 0 Å². The average Bonchev–Trinajstić information content (AvgIpc) is 1.72. The average molecular weight is 194 g/mol. The molecule has 1 heteroatoms. The quantitative estimate of drug-likeness (QED) is 0.376. The monoisotopic (exact) mass is 195 g/mol. The van der Waals surface area contributed by atoms with Gasteiger partial charge in [0.15, 0.2) is 0 Å². The Balaban J connectivity index is 3.82. The van der Waals surface area contributed by atoms with Crippen LogP contribution in [0, 0.1) is 31.1 Å². The summed E-state index contributed by atoms with van der Waals surface area (Å²) < 4.78 is 7.28. The fourth-order valence-electron chi connectivity index (χ4n) is 0.125. The second-order valence-electron chi connectivity index (χ2n) is 0.808. The molecule has 0 N–H and O–H groups in total. The van der Waals surface area contributed by atoms with E-state index < -0.39 is 19.8 Å². The predicted octanol–water partition coefficient (Wildman–Crippen LogP) is -0.00160. The van der Waals surface area contributed by atoms with Crippen molar-refractivity contribution in [1.29, 1.82) is 0 Å². The molecule has 0 aromatic heterocycles. The van der Waals surface area contributed by atoms with E-state index in [4.69, 9.17) is 19.3 Å². The first kappa shape index (κ1) is 6.48. The van der Waals surface area contributed by atoms with Crippen molar-refractivity contribution in [2.75, 3.05) is 0 Å². The van der Waals surface area contributed by atoms with Crippen molar-refractivity contribution in [3.8, 4) is 31.1 Å². The van der Waals surface area contributed by atoms with E-state index in [-0.39, 0.29) is 0 Å². The molecule has 0 nitrogen and oxygen atoms in total. The van der Waals surface area contributed by atoms with Gasteiger partial charge < -0.3 is 0 Å². The van der Waals surface area contributed by atoms with E-state index in [0.29, 0.717) is 0 Å². The summed E-state index contributed by atoms with van der Waals surface area (Å²) in [7, 11) is 0. The summed E-state index contributed by atoms with van der Waals surface area (Å²) in [6, 6.07) is 0. The van der Waals surface area contributed by atoms with Crippen LogP contribution in [0.15, 0.2) is 0 Å². The molecule has 0 atom stereocenters. The topological polar surface area (TPSA) is 0 Å². The van der Waals surface area contributed by atoms with E-state index >= 15 is 0 Å². The van der Waals surface area contributed by atoms with Gasteiger partial charge in [0, 0.05) is 0 Å². The summed E-state index contributed by atoms with van der Waals surface area (Å²) in [5.41, 5.74) is 0. The van der Waals surface area contributed by atoms with E-state index in [0.717, 1.165) is 0 Å². The summed E-state index contributed by atoms with van der Waals surface area (Å²) in [6.45, 7) is 0. The zero-order chi connectivity index (χ0) is 5.70. The van der Waals surface area contributed by atoms with E-state index in [1.807, 2.05) is 0 Å². The Bertz CT molecular complexity index is 127. The van der Waals surface area contributed by atoms with Crippen molar-refractivity contribution in [3.05, 3.63) is 0 Å². The third-order valence-corrected chi connectivity index (χ3v) is 2.90. The summed E-state index contributed by atoms with van der Waals surface area (Å²) in [5.74, 6) is 0. The molecule has 0 unspecified atom stereocenters. The number of hydrogen-bond acceptors (Lipinski definition) is 0. The van der Waals surface area contributed by atoms with Gasteiger partial charge in [-0.15, -0.1) is 0 Å². The van der Waals surface area contributed by atoms with Crippen LogP contribution in [0.5, 0.6) is 0 Å². The Morgan fingerprint density at radius 2 is 1.14 bits per heavy atom. The first-order chi connectivity index (χ1) is 3.35. The SMILES string of the molecule is C#[C][Sn]([C]#C)[C]#C. The second-order valence-corrected chi connectivity index (χ2v) is 5.42. The summed E-state index contributed by atoms with van der Waals surface area (Å²) in [6.07, 6.45) is 14.8. The minimum atomic E-state index is -2.07. The van der Waals surface area contributed by atoms with Crippen LogP contribution in [0.4, 0.5) is 0 Å². The fourth-order valence-corrected chi connectivity index (χ4v) is 0.839. The molecule has 0 aliphatic heterocycles. The van der Waals surface area contributed by atoms with Gasteiger partial charge in [0.1, 0.15) is 0 Å². The Kier molecular flexibility index (Phi) is 3.39. The fraction of sp³-hybridized carbons (Fsp3) is 0. The van der Waals surface area contributed by atoms with Crippen LogP contribution >= 0.6 is 0 Å². The maximum absolute atomic E-state index is 4.95. The van der Waals surface area contributed by atoms with Gasteiger partial charge >= 0.3 is 50.8 Å². The number of hydrogen-bond donors (Lipinski definition) is 0. The predicted molar refractivity (Wildman–Crippen MR) is 32.3 cm³/mol. The summed E-state index contributed by atoms with van der Waals surface area (Å²) in [5, 5.41) is 0. The van der Waals surface area contributed by atoms with Crippen LogP contribution < -0.4 is 0 Å². The zero-order valence-electron chi connectivity index (χ0n) is 3.73. The van der Waals surface area contributed by atoms with Crippen molar-refractivity contribution < 1.29 is 0 Å². The van der Waals surface area contributed by atoms with E-state index in [9.17, 15) is 0 Å². The molecule has 1 radical (unpaired) electrons. The van der Waals surface area contributed by atoms with Crippen molar-refractivity contribution in [1.82, 2.24) is 0 Å². The van der Waals surface area contributed by atoms with E-state index in [1.165, 1.54) is 0 Å². The van der Waals surface area contributed by atoms with Crippen LogP contribution in [-0.4, -0.2) is 19.8 Å². The molecule has 0 rings (SSSR count). The number of rotatable bonds is 0. The van der Waals surface area contributed by atoms with Gasteiger partial charge in [-0.05, 0) is 0 Å². The first-order valence-electron chi connectivity index (χ1n) is 1.62.